The lowest BCUT2D eigenvalue weighted by Crippen LogP contribution is -1.92. The van der Waals surface area contributed by atoms with Crippen LogP contribution in [0.5, 0.6) is 0 Å². The largest absolute Gasteiger partial charge is 0.303 e. The standard InChI is InChI=1S/C15H14O.C2H6.CH6N4/c1-12-4-2-3-5-15(10-12)14-8-6-13(11-16)7-9-14;1-2;1-3-5-4-2/h2-9,11H,10H2,1H3;1-2H3;1H3,(H2,2,5)(H,3,4). The number of aldehydes is 1. The van der Waals surface area contributed by atoms with Gasteiger partial charge in [-0.25, -0.2) is 0 Å². The van der Waals surface area contributed by atoms with Gasteiger partial charge in [-0.2, -0.15) is 0 Å². The van der Waals surface area contributed by atoms with Crippen molar-refractivity contribution in [3.05, 3.63) is 65.3 Å². The Kier molecular flexibility index (Phi) is 11.5. The number of nitrogens with zero attached hydrogens (tertiary/aromatic N) is 2. The third-order valence-electron chi connectivity index (χ3n) is 2.83. The zero-order valence-corrected chi connectivity index (χ0v) is 14.3. The molecular weight excluding hydrogens is 288 g/mol. The van der Waals surface area contributed by atoms with Gasteiger partial charge in [-0.1, -0.05) is 78.4 Å². The van der Waals surface area contributed by atoms with Crippen LogP contribution in [-0.4, -0.2) is 13.3 Å². The van der Waals surface area contributed by atoms with Gasteiger partial charge < -0.3 is 5.84 Å². The molecule has 0 aliphatic heterocycles. The Bertz CT molecular complexity index is 569. The fourth-order valence-electron chi connectivity index (χ4n) is 1.84. The van der Waals surface area contributed by atoms with Crippen LogP contribution < -0.4 is 11.3 Å². The highest BCUT2D eigenvalue weighted by Gasteiger charge is 2.03. The Hall–Kier alpha value is -2.69. The molecule has 0 unspecified atom stereocenters. The lowest BCUT2D eigenvalue weighted by Gasteiger charge is -2.06. The highest BCUT2D eigenvalue weighted by molar-refractivity contribution is 5.77. The van der Waals surface area contributed by atoms with Gasteiger partial charge in [-0.15, -0.1) is 0 Å². The van der Waals surface area contributed by atoms with Crippen molar-refractivity contribution in [3.8, 4) is 0 Å². The van der Waals surface area contributed by atoms with Gasteiger partial charge in [0.15, 0.2) is 0 Å². The summed E-state index contributed by atoms with van der Waals surface area (Å²) in [5.74, 6) is 4.53. The van der Waals surface area contributed by atoms with Gasteiger partial charge in [-0.05, 0) is 24.5 Å². The Morgan fingerprint density at radius 1 is 1.13 bits per heavy atom. The second-order valence-electron chi connectivity index (χ2n) is 4.45. The molecule has 23 heavy (non-hydrogen) atoms. The van der Waals surface area contributed by atoms with Crippen molar-refractivity contribution in [3.63, 3.8) is 0 Å². The van der Waals surface area contributed by atoms with Gasteiger partial charge in [0.25, 0.3) is 0 Å². The molecule has 1 aliphatic carbocycles. The second-order valence-corrected chi connectivity index (χ2v) is 4.45. The SMILES string of the molecule is CC.CC1=CC=CC=C(c2ccc(C=O)cc2)C1.CN/N=N\N. The van der Waals surface area contributed by atoms with Crippen LogP contribution in [0, 0.1) is 0 Å². The average molecular weight is 314 g/mol. The molecule has 124 valence electrons. The van der Waals surface area contributed by atoms with Crippen LogP contribution in [0.3, 0.4) is 0 Å². The highest BCUT2D eigenvalue weighted by atomic mass is 16.1. The van der Waals surface area contributed by atoms with E-state index in [0.29, 0.717) is 0 Å². The molecule has 0 spiro atoms. The first kappa shape index (κ1) is 20.3. The van der Waals surface area contributed by atoms with E-state index in [1.165, 1.54) is 16.7 Å². The van der Waals surface area contributed by atoms with E-state index in [0.717, 1.165) is 18.3 Å². The summed E-state index contributed by atoms with van der Waals surface area (Å²) in [5.41, 5.74) is 6.90. The fraction of sp³-hybridized carbons (Fsp3) is 0.278. The van der Waals surface area contributed by atoms with Gasteiger partial charge >= 0.3 is 0 Å². The van der Waals surface area contributed by atoms with E-state index in [9.17, 15) is 4.79 Å². The summed E-state index contributed by atoms with van der Waals surface area (Å²) < 4.78 is 0. The summed E-state index contributed by atoms with van der Waals surface area (Å²) in [6.45, 7) is 6.13. The molecule has 0 atom stereocenters. The molecule has 0 bridgehead atoms. The molecule has 5 nitrogen and oxygen atoms in total. The molecular formula is C18H26N4O. The van der Waals surface area contributed by atoms with Gasteiger partial charge in [0, 0.05) is 12.6 Å². The Balaban J connectivity index is 0.000000594. The minimum Gasteiger partial charge on any atom is -0.303 e. The first-order chi connectivity index (χ1) is 11.2. The van der Waals surface area contributed by atoms with Crippen LogP contribution in [0.15, 0.2) is 64.6 Å². The lowest BCUT2D eigenvalue weighted by atomic mass is 9.98. The zero-order valence-electron chi connectivity index (χ0n) is 14.3. The van der Waals surface area contributed by atoms with E-state index < -0.39 is 0 Å². The topological polar surface area (TPSA) is 79.8 Å². The van der Waals surface area contributed by atoms with Crippen LogP contribution >= 0.6 is 0 Å². The number of nitrogens with two attached hydrogens (primary N) is 1. The van der Waals surface area contributed by atoms with Gasteiger partial charge in [-0.3, -0.25) is 10.2 Å². The number of hydrogen-bond donors (Lipinski definition) is 2. The second kappa shape index (κ2) is 13.0. The van der Waals surface area contributed by atoms with Crippen LogP contribution in [-0.2, 0) is 0 Å². The van der Waals surface area contributed by atoms with Crippen molar-refractivity contribution in [1.82, 2.24) is 5.43 Å². The third-order valence-corrected chi connectivity index (χ3v) is 2.83. The molecule has 1 aromatic carbocycles. The minimum atomic E-state index is 0.723. The molecule has 1 aromatic rings. The number of hydrogen-bond acceptors (Lipinski definition) is 3. The maximum Gasteiger partial charge on any atom is 0.150 e. The minimum absolute atomic E-state index is 0.723. The molecule has 0 heterocycles. The van der Waals surface area contributed by atoms with E-state index in [1.54, 1.807) is 7.05 Å². The molecule has 0 amide bonds. The average Bonchev–Trinajstić information content (AvgIpc) is 2.82. The molecule has 5 heteroatoms. The molecule has 1 aliphatic rings. The fourth-order valence-corrected chi connectivity index (χ4v) is 1.84. The van der Waals surface area contributed by atoms with Crippen molar-refractivity contribution in [1.29, 1.82) is 0 Å². The smallest absolute Gasteiger partial charge is 0.150 e. The van der Waals surface area contributed by atoms with Gasteiger partial charge in [0.2, 0.25) is 0 Å². The zero-order chi connectivity index (χ0) is 17.5. The third kappa shape index (κ3) is 8.36. The number of nitrogens with one attached hydrogen (secondary N) is 1. The summed E-state index contributed by atoms with van der Waals surface area (Å²) in [6, 6.07) is 7.72. The normalized spacial score (nSPS) is 12.7. The van der Waals surface area contributed by atoms with E-state index >= 15 is 0 Å². The molecule has 0 aromatic heterocycles. The van der Waals surface area contributed by atoms with Crippen molar-refractivity contribution < 1.29 is 4.79 Å². The molecule has 0 saturated heterocycles. The van der Waals surface area contributed by atoms with Crippen molar-refractivity contribution >= 4 is 11.9 Å². The summed E-state index contributed by atoms with van der Waals surface area (Å²) in [4.78, 5) is 10.6. The summed E-state index contributed by atoms with van der Waals surface area (Å²) >= 11 is 0. The Morgan fingerprint density at radius 3 is 2.22 bits per heavy atom. The van der Waals surface area contributed by atoms with Crippen LogP contribution in [0.1, 0.15) is 43.1 Å². The van der Waals surface area contributed by atoms with E-state index in [1.807, 2.05) is 38.1 Å². The number of carbonyl (C=O) groups excluding carboxylic acids is 1. The van der Waals surface area contributed by atoms with Crippen LogP contribution in [0.4, 0.5) is 0 Å². The monoisotopic (exact) mass is 314 g/mol. The molecule has 0 saturated carbocycles. The predicted octanol–water partition coefficient (Wildman–Crippen LogP) is 4.26. The van der Waals surface area contributed by atoms with E-state index in [2.05, 4.69) is 52.9 Å². The molecule has 3 N–H and O–H groups in total. The summed E-state index contributed by atoms with van der Waals surface area (Å²) in [5, 5.41) is 5.99. The summed E-state index contributed by atoms with van der Waals surface area (Å²) in [7, 11) is 1.62. The first-order valence-electron chi connectivity index (χ1n) is 7.56. The van der Waals surface area contributed by atoms with E-state index in [4.69, 9.17) is 0 Å². The summed E-state index contributed by atoms with van der Waals surface area (Å²) in [6.07, 6.45) is 10.2. The van der Waals surface area contributed by atoms with E-state index in [-0.39, 0.29) is 0 Å². The molecule has 0 fully saturated rings. The predicted molar refractivity (Wildman–Crippen MR) is 96.8 cm³/mol. The Labute approximate surface area is 138 Å². The first-order valence-corrected chi connectivity index (χ1v) is 7.56. The number of benzene rings is 1. The molecule has 2 rings (SSSR count). The Morgan fingerprint density at radius 2 is 1.74 bits per heavy atom. The van der Waals surface area contributed by atoms with Crippen LogP contribution in [0.25, 0.3) is 5.57 Å². The maximum atomic E-state index is 10.6. The molecule has 0 radical (unpaired) electrons. The van der Waals surface area contributed by atoms with Crippen molar-refractivity contribution in [2.45, 2.75) is 27.2 Å². The quantitative estimate of drug-likeness (QED) is 0.378. The van der Waals surface area contributed by atoms with Crippen molar-refractivity contribution in [2.24, 2.45) is 16.3 Å². The number of allylic oxidation sites excluding steroid dienone is 6. The van der Waals surface area contributed by atoms with Gasteiger partial charge in [0.1, 0.15) is 6.29 Å². The lowest BCUT2D eigenvalue weighted by molar-refractivity contribution is 0.112. The van der Waals surface area contributed by atoms with Gasteiger partial charge in [0.05, 0.1) is 0 Å². The number of carbonyl (C=O) groups is 1. The maximum absolute atomic E-state index is 10.6. The van der Waals surface area contributed by atoms with Crippen LogP contribution in [0.2, 0.25) is 0 Å². The highest BCUT2D eigenvalue weighted by Crippen LogP contribution is 2.24. The number of rotatable bonds is 3. The van der Waals surface area contributed by atoms with Crippen molar-refractivity contribution in [2.75, 3.05) is 7.05 Å².